The van der Waals surface area contributed by atoms with Gasteiger partial charge < -0.3 is 14.2 Å². The molecule has 0 aromatic heterocycles. The second kappa shape index (κ2) is 5.75. The van der Waals surface area contributed by atoms with E-state index in [2.05, 4.69) is 36.7 Å². The maximum atomic E-state index is 5.98. The Balaban J connectivity index is 2.04. The van der Waals surface area contributed by atoms with Gasteiger partial charge in [0.05, 0.1) is 12.7 Å². The first-order valence-corrected chi connectivity index (χ1v) is 7.84. The van der Waals surface area contributed by atoms with Crippen LogP contribution in [0.25, 0.3) is 0 Å². The lowest BCUT2D eigenvalue weighted by Crippen LogP contribution is -2.47. The first kappa shape index (κ1) is 14.7. The van der Waals surface area contributed by atoms with E-state index in [1.807, 2.05) is 6.92 Å². The number of alkyl halides is 1. The van der Waals surface area contributed by atoms with E-state index in [0.29, 0.717) is 18.4 Å². The molecule has 0 spiro atoms. The van der Waals surface area contributed by atoms with Crippen molar-refractivity contribution in [3.63, 3.8) is 0 Å². The molecular weight excluding hydrogens is 300 g/mol. The molecule has 0 aliphatic carbocycles. The second-order valence-corrected chi connectivity index (χ2v) is 6.06. The van der Waals surface area contributed by atoms with Crippen LogP contribution in [-0.4, -0.2) is 36.4 Å². The van der Waals surface area contributed by atoms with Crippen molar-refractivity contribution in [2.45, 2.75) is 58.6 Å². The van der Waals surface area contributed by atoms with Crippen LogP contribution in [0.1, 0.15) is 34.1 Å². The quantitative estimate of drug-likeness (QED) is 0.746. The smallest absolute Gasteiger partial charge is 0.282 e. The molecular formula is C13H23BrO4. The van der Waals surface area contributed by atoms with Gasteiger partial charge in [0.1, 0.15) is 6.10 Å². The molecule has 0 bridgehead atoms. The van der Waals surface area contributed by atoms with E-state index in [0.717, 1.165) is 11.8 Å². The van der Waals surface area contributed by atoms with E-state index >= 15 is 0 Å². The zero-order chi connectivity index (χ0) is 13.3. The average molecular weight is 323 g/mol. The molecule has 3 unspecified atom stereocenters. The number of rotatable bonds is 4. The van der Waals surface area contributed by atoms with E-state index in [-0.39, 0.29) is 18.5 Å². The maximum Gasteiger partial charge on any atom is 0.282 e. The Labute approximate surface area is 117 Å². The maximum absolute atomic E-state index is 5.98. The van der Waals surface area contributed by atoms with Crippen LogP contribution in [0.4, 0.5) is 0 Å². The molecule has 0 saturated carbocycles. The van der Waals surface area contributed by atoms with Crippen molar-refractivity contribution in [1.29, 1.82) is 0 Å². The third-order valence-electron chi connectivity index (χ3n) is 4.04. The van der Waals surface area contributed by atoms with Crippen LogP contribution in [0.3, 0.4) is 0 Å². The third kappa shape index (κ3) is 2.75. The van der Waals surface area contributed by atoms with Gasteiger partial charge in [0.15, 0.2) is 6.29 Å². The van der Waals surface area contributed by atoms with Gasteiger partial charge in [-0.15, -0.1) is 0 Å². The minimum absolute atomic E-state index is 0.0388. The van der Waals surface area contributed by atoms with Gasteiger partial charge >= 0.3 is 0 Å². The predicted molar refractivity (Wildman–Crippen MR) is 71.4 cm³/mol. The average Bonchev–Trinajstić information content (AvgIpc) is 2.69. The van der Waals surface area contributed by atoms with Gasteiger partial charge in [0, 0.05) is 12.3 Å². The SMILES string of the molecule is CCC1O[C@H]2OC(C)(OCCBr)OC2[C@@H](C)[C@@H]1C. The molecule has 4 nitrogen and oxygen atoms in total. The van der Waals surface area contributed by atoms with Crippen molar-refractivity contribution < 1.29 is 18.9 Å². The number of fused-ring (bicyclic) bond motifs is 1. The van der Waals surface area contributed by atoms with Crippen molar-refractivity contribution in [2.24, 2.45) is 11.8 Å². The molecule has 2 aliphatic heterocycles. The molecule has 6 atom stereocenters. The van der Waals surface area contributed by atoms with Gasteiger partial charge in [-0.3, -0.25) is 4.74 Å². The first-order chi connectivity index (χ1) is 8.50. The van der Waals surface area contributed by atoms with E-state index in [1.165, 1.54) is 0 Å². The molecule has 2 saturated heterocycles. The molecule has 106 valence electrons. The predicted octanol–water partition coefficient (Wildman–Crippen LogP) is 2.89. The van der Waals surface area contributed by atoms with Gasteiger partial charge in [-0.25, -0.2) is 0 Å². The monoisotopic (exact) mass is 322 g/mol. The molecule has 2 fully saturated rings. The molecule has 0 aromatic rings. The summed E-state index contributed by atoms with van der Waals surface area (Å²) in [4.78, 5) is 0. The fourth-order valence-electron chi connectivity index (χ4n) is 2.76. The standard InChI is InChI=1S/C13H23BrO4/c1-5-10-8(2)9(3)11-12(16-10)18-13(4,17-11)15-7-6-14/h8-12H,5-7H2,1-4H3/t8-,9-,10?,11?,12-,13?/m0/s1. The Bertz CT molecular complexity index is 288. The lowest BCUT2D eigenvalue weighted by Gasteiger charge is -2.39. The van der Waals surface area contributed by atoms with Crippen molar-refractivity contribution in [1.82, 2.24) is 0 Å². The van der Waals surface area contributed by atoms with Gasteiger partial charge in [0.25, 0.3) is 5.97 Å². The molecule has 18 heavy (non-hydrogen) atoms. The fraction of sp³-hybridized carbons (Fsp3) is 1.00. The largest absolute Gasteiger partial charge is 0.346 e. The summed E-state index contributed by atoms with van der Waals surface area (Å²) in [5, 5.41) is 0.759. The molecule has 2 aliphatic rings. The summed E-state index contributed by atoms with van der Waals surface area (Å²) < 4.78 is 23.3. The number of hydrogen-bond donors (Lipinski definition) is 0. The Morgan fingerprint density at radius 2 is 1.94 bits per heavy atom. The minimum Gasteiger partial charge on any atom is -0.346 e. The summed E-state index contributed by atoms with van der Waals surface area (Å²) in [7, 11) is 0. The summed E-state index contributed by atoms with van der Waals surface area (Å²) in [6.07, 6.45) is 0.893. The van der Waals surface area contributed by atoms with Crippen LogP contribution >= 0.6 is 15.9 Å². The van der Waals surface area contributed by atoms with Crippen LogP contribution < -0.4 is 0 Å². The molecule has 0 amide bonds. The van der Waals surface area contributed by atoms with Crippen LogP contribution in [0.5, 0.6) is 0 Å². The first-order valence-electron chi connectivity index (χ1n) is 6.71. The highest BCUT2D eigenvalue weighted by Crippen LogP contribution is 2.42. The van der Waals surface area contributed by atoms with Crippen LogP contribution in [0.2, 0.25) is 0 Å². The molecule has 0 aromatic carbocycles. The molecule has 0 N–H and O–H groups in total. The molecule has 0 radical (unpaired) electrons. The Morgan fingerprint density at radius 3 is 2.56 bits per heavy atom. The van der Waals surface area contributed by atoms with Crippen molar-refractivity contribution >= 4 is 15.9 Å². The molecule has 2 rings (SSSR count). The topological polar surface area (TPSA) is 36.9 Å². The summed E-state index contributed by atoms with van der Waals surface area (Å²) in [5.41, 5.74) is 0. The number of hydrogen-bond acceptors (Lipinski definition) is 4. The summed E-state index contributed by atoms with van der Waals surface area (Å²) in [6.45, 7) is 8.93. The number of halogens is 1. The highest BCUT2D eigenvalue weighted by molar-refractivity contribution is 9.09. The van der Waals surface area contributed by atoms with Gasteiger partial charge in [-0.05, 0) is 18.3 Å². The van der Waals surface area contributed by atoms with Crippen LogP contribution in [-0.2, 0) is 18.9 Å². The Kier molecular flexibility index (Phi) is 4.70. The van der Waals surface area contributed by atoms with E-state index in [1.54, 1.807) is 0 Å². The molecule has 2 heterocycles. The normalized spacial score (nSPS) is 48.2. The summed E-state index contributed by atoms with van der Waals surface area (Å²) >= 11 is 3.33. The highest BCUT2D eigenvalue weighted by Gasteiger charge is 2.53. The van der Waals surface area contributed by atoms with E-state index in [4.69, 9.17) is 18.9 Å². The molecule has 5 heteroatoms. The van der Waals surface area contributed by atoms with Gasteiger partial charge in [-0.1, -0.05) is 36.7 Å². The minimum atomic E-state index is -0.973. The second-order valence-electron chi connectivity index (χ2n) is 5.27. The highest BCUT2D eigenvalue weighted by atomic mass is 79.9. The lowest BCUT2D eigenvalue weighted by molar-refractivity contribution is -0.341. The third-order valence-corrected chi connectivity index (χ3v) is 4.36. The van der Waals surface area contributed by atoms with Crippen molar-refractivity contribution in [3.8, 4) is 0 Å². The number of ether oxygens (including phenoxy) is 4. The van der Waals surface area contributed by atoms with Crippen molar-refractivity contribution in [2.75, 3.05) is 11.9 Å². The van der Waals surface area contributed by atoms with Crippen LogP contribution in [0.15, 0.2) is 0 Å². The van der Waals surface area contributed by atoms with Crippen molar-refractivity contribution in [3.05, 3.63) is 0 Å². The Morgan fingerprint density at radius 1 is 1.22 bits per heavy atom. The van der Waals surface area contributed by atoms with Gasteiger partial charge in [-0.2, -0.15) is 0 Å². The van der Waals surface area contributed by atoms with Crippen LogP contribution in [0, 0.1) is 11.8 Å². The zero-order valence-corrected chi connectivity index (χ0v) is 13.1. The zero-order valence-electron chi connectivity index (χ0n) is 11.5. The van der Waals surface area contributed by atoms with E-state index in [9.17, 15) is 0 Å². The van der Waals surface area contributed by atoms with E-state index < -0.39 is 5.97 Å². The lowest BCUT2D eigenvalue weighted by atomic mass is 9.83. The summed E-state index contributed by atoms with van der Waals surface area (Å²) in [6, 6.07) is 0. The summed E-state index contributed by atoms with van der Waals surface area (Å²) in [5.74, 6) is -0.0961. The fourth-order valence-corrected chi connectivity index (χ4v) is 2.92. The van der Waals surface area contributed by atoms with Gasteiger partial charge in [0.2, 0.25) is 0 Å². The Hall–Kier alpha value is 0.320.